The normalized spacial score (nSPS) is 11.7. The first-order valence-electron chi connectivity index (χ1n) is 3.19. The van der Waals surface area contributed by atoms with Crippen LogP contribution in [0.3, 0.4) is 0 Å². The molecule has 0 heterocycles. The van der Waals surface area contributed by atoms with Crippen LogP contribution in [0, 0.1) is 0 Å². The average molecular weight is 130 g/mol. The fraction of sp³-hybridized carbons (Fsp3) is 0.833. The van der Waals surface area contributed by atoms with Crippen molar-refractivity contribution in [3.8, 4) is 0 Å². The lowest BCUT2D eigenvalue weighted by Gasteiger charge is -2.17. The number of nitrogens with zero attached hydrogens (tertiary/aromatic N) is 2. The molecule has 0 aromatic heterocycles. The number of amidine groups is 1. The van der Waals surface area contributed by atoms with Gasteiger partial charge in [-0.1, -0.05) is 5.16 Å². The van der Waals surface area contributed by atoms with E-state index < -0.39 is 0 Å². The van der Waals surface area contributed by atoms with Crippen molar-refractivity contribution in [2.75, 3.05) is 13.1 Å². The summed E-state index contributed by atoms with van der Waals surface area (Å²) in [5, 5.41) is 11.4. The van der Waals surface area contributed by atoms with E-state index in [1.807, 2.05) is 18.7 Å². The van der Waals surface area contributed by atoms with Crippen molar-refractivity contribution in [1.29, 1.82) is 0 Å². The van der Waals surface area contributed by atoms with E-state index in [1.165, 1.54) is 0 Å². The van der Waals surface area contributed by atoms with Gasteiger partial charge in [-0.2, -0.15) is 0 Å². The standard InChI is InChI=1S/C6H14N2O/c1-4-8(5-2)6(3)7-9/h9H,4-5H2,1-3H3/b7-6+. The number of oxime groups is 1. The maximum Gasteiger partial charge on any atom is 0.141 e. The third kappa shape index (κ3) is 2.35. The molecule has 0 spiro atoms. The van der Waals surface area contributed by atoms with Crippen LogP contribution in [0.5, 0.6) is 0 Å². The van der Waals surface area contributed by atoms with Crippen LogP contribution >= 0.6 is 0 Å². The molecule has 0 bridgehead atoms. The van der Waals surface area contributed by atoms with Gasteiger partial charge in [0.25, 0.3) is 0 Å². The second-order valence-electron chi connectivity index (χ2n) is 1.82. The summed E-state index contributed by atoms with van der Waals surface area (Å²) >= 11 is 0. The molecule has 0 rings (SSSR count). The lowest BCUT2D eigenvalue weighted by molar-refractivity contribution is 0.302. The van der Waals surface area contributed by atoms with E-state index in [0.29, 0.717) is 5.84 Å². The molecule has 0 aromatic carbocycles. The van der Waals surface area contributed by atoms with Crippen LogP contribution in [0.25, 0.3) is 0 Å². The molecule has 0 radical (unpaired) electrons. The maximum atomic E-state index is 8.31. The van der Waals surface area contributed by atoms with Gasteiger partial charge in [0.1, 0.15) is 5.84 Å². The van der Waals surface area contributed by atoms with Gasteiger partial charge in [-0.15, -0.1) is 0 Å². The van der Waals surface area contributed by atoms with Crippen LogP contribution < -0.4 is 0 Å². The third-order valence-electron chi connectivity index (χ3n) is 1.37. The van der Waals surface area contributed by atoms with Crippen molar-refractivity contribution in [3.05, 3.63) is 0 Å². The molecule has 0 amide bonds. The Morgan fingerprint density at radius 3 is 2.00 bits per heavy atom. The first-order valence-corrected chi connectivity index (χ1v) is 3.19. The third-order valence-corrected chi connectivity index (χ3v) is 1.37. The summed E-state index contributed by atoms with van der Waals surface area (Å²) in [5.41, 5.74) is 0. The van der Waals surface area contributed by atoms with Crippen molar-refractivity contribution in [1.82, 2.24) is 4.90 Å². The molecule has 1 N–H and O–H groups in total. The topological polar surface area (TPSA) is 35.8 Å². The van der Waals surface area contributed by atoms with Crippen LogP contribution in [0.15, 0.2) is 5.16 Å². The van der Waals surface area contributed by atoms with Gasteiger partial charge >= 0.3 is 0 Å². The Labute approximate surface area is 56.0 Å². The van der Waals surface area contributed by atoms with E-state index >= 15 is 0 Å². The van der Waals surface area contributed by atoms with E-state index in [2.05, 4.69) is 5.16 Å². The van der Waals surface area contributed by atoms with E-state index in [1.54, 1.807) is 6.92 Å². The second kappa shape index (κ2) is 4.18. The minimum absolute atomic E-state index is 0.681. The Morgan fingerprint density at radius 2 is 1.89 bits per heavy atom. The summed E-state index contributed by atoms with van der Waals surface area (Å²) in [7, 11) is 0. The summed E-state index contributed by atoms with van der Waals surface area (Å²) in [6.07, 6.45) is 0. The lowest BCUT2D eigenvalue weighted by Crippen LogP contribution is -2.28. The Balaban J connectivity index is 3.79. The molecular formula is C6H14N2O. The van der Waals surface area contributed by atoms with Gasteiger partial charge in [-0.05, 0) is 20.8 Å². The molecule has 0 saturated heterocycles. The highest BCUT2D eigenvalue weighted by Gasteiger charge is 1.98. The maximum absolute atomic E-state index is 8.31. The first-order chi connectivity index (χ1) is 4.26. The Kier molecular flexibility index (Phi) is 3.84. The molecule has 0 atom stereocenters. The zero-order chi connectivity index (χ0) is 7.28. The quantitative estimate of drug-likeness (QED) is 0.263. The van der Waals surface area contributed by atoms with Gasteiger partial charge in [-0.3, -0.25) is 0 Å². The van der Waals surface area contributed by atoms with Crippen molar-refractivity contribution in [2.45, 2.75) is 20.8 Å². The SMILES string of the molecule is CCN(CC)/C(C)=N/O. The predicted molar refractivity (Wildman–Crippen MR) is 37.8 cm³/mol. The smallest absolute Gasteiger partial charge is 0.141 e. The molecule has 0 aliphatic rings. The van der Waals surface area contributed by atoms with E-state index in [-0.39, 0.29) is 0 Å². The van der Waals surface area contributed by atoms with E-state index in [9.17, 15) is 0 Å². The van der Waals surface area contributed by atoms with Crippen LogP contribution in [0.1, 0.15) is 20.8 Å². The molecule has 0 fully saturated rings. The van der Waals surface area contributed by atoms with Gasteiger partial charge in [0, 0.05) is 13.1 Å². The van der Waals surface area contributed by atoms with Gasteiger partial charge < -0.3 is 10.1 Å². The highest BCUT2D eigenvalue weighted by Crippen LogP contribution is 1.88. The van der Waals surface area contributed by atoms with Gasteiger partial charge in [0.2, 0.25) is 0 Å². The Bertz CT molecular complexity index is 97.2. The molecule has 0 aliphatic carbocycles. The summed E-state index contributed by atoms with van der Waals surface area (Å²) in [6.45, 7) is 7.63. The van der Waals surface area contributed by atoms with Crippen molar-refractivity contribution in [3.63, 3.8) is 0 Å². The van der Waals surface area contributed by atoms with E-state index in [0.717, 1.165) is 13.1 Å². The molecule has 3 heteroatoms. The first kappa shape index (κ1) is 8.27. The minimum Gasteiger partial charge on any atom is -0.409 e. The average Bonchev–Trinajstić information content (AvgIpc) is 1.90. The van der Waals surface area contributed by atoms with Crippen molar-refractivity contribution in [2.24, 2.45) is 5.16 Å². The van der Waals surface area contributed by atoms with Gasteiger partial charge in [0.15, 0.2) is 0 Å². The Hall–Kier alpha value is -0.730. The number of hydrogen-bond acceptors (Lipinski definition) is 2. The van der Waals surface area contributed by atoms with Crippen molar-refractivity contribution < 1.29 is 5.21 Å². The monoisotopic (exact) mass is 130 g/mol. The minimum atomic E-state index is 0.681. The number of rotatable bonds is 2. The lowest BCUT2D eigenvalue weighted by atomic mass is 10.5. The number of hydrogen-bond donors (Lipinski definition) is 1. The highest BCUT2D eigenvalue weighted by atomic mass is 16.4. The van der Waals surface area contributed by atoms with Gasteiger partial charge in [-0.25, -0.2) is 0 Å². The van der Waals surface area contributed by atoms with Crippen LogP contribution in [0.2, 0.25) is 0 Å². The zero-order valence-corrected chi connectivity index (χ0v) is 6.26. The molecule has 54 valence electrons. The van der Waals surface area contributed by atoms with Crippen LogP contribution in [0.4, 0.5) is 0 Å². The summed E-state index contributed by atoms with van der Waals surface area (Å²) in [6, 6.07) is 0. The predicted octanol–water partition coefficient (Wildman–Crippen LogP) is 1.14. The molecule has 0 saturated carbocycles. The molecular weight excluding hydrogens is 116 g/mol. The summed E-state index contributed by atoms with van der Waals surface area (Å²) in [5.74, 6) is 0.681. The molecule has 9 heavy (non-hydrogen) atoms. The fourth-order valence-corrected chi connectivity index (χ4v) is 0.745. The van der Waals surface area contributed by atoms with E-state index in [4.69, 9.17) is 5.21 Å². The molecule has 0 aliphatic heterocycles. The molecule has 3 nitrogen and oxygen atoms in total. The molecule has 0 aromatic rings. The van der Waals surface area contributed by atoms with Crippen LogP contribution in [-0.4, -0.2) is 29.0 Å². The Morgan fingerprint density at radius 1 is 1.44 bits per heavy atom. The van der Waals surface area contributed by atoms with Crippen molar-refractivity contribution >= 4 is 5.84 Å². The summed E-state index contributed by atoms with van der Waals surface area (Å²) in [4.78, 5) is 1.97. The van der Waals surface area contributed by atoms with Gasteiger partial charge in [0.05, 0.1) is 0 Å². The van der Waals surface area contributed by atoms with Crippen LogP contribution in [-0.2, 0) is 0 Å². The molecule has 0 unspecified atom stereocenters. The largest absolute Gasteiger partial charge is 0.409 e. The zero-order valence-electron chi connectivity index (χ0n) is 6.26. The highest BCUT2D eigenvalue weighted by molar-refractivity contribution is 5.78. The summed E-state index contributed by atoms with van der Waals surface area (Å²) < 4.78 is 0. The second-order valence-corrected chi connectivity index (χ2v) is 1.82. The fourth-order valence-electron chi connectivity index (χ4n) is 0.745.